The van der Waals surface area contributed by atoms with Crippen molar-refractivity contribution in [2.75, 3.05) is 14.1 Å². The lowest BCUT2D eigenvalue weighted by Crippen LogP contribution is -2.34. The first-order valence-corrected chi connectivity index (χ1v) is 5.02. The standard InChI is InChI=1S/C10H22N2O3/c1-6(2)8(9(13)14)7(3)11-10(15)12(4)5/h6,8-10,13-15H,1-5H3. The van der Waals surface area contributed by atoms with Crippen molar-refractivity contribution < 1.29 is 15.3 Å². The van der Waals surface area contributed by atoms with Crippen LogP contribution in [0.3, 0.4) is 0 Å². The molecule has 90 valence electrons. The molecule has 0 aliphatic carbocycles. The molecular formula is C10H22N2O3. The lowest BCUT2D eigenvalue weighted by molar-refractivity contribution is -0.0755. The zero-order valence-corrected chi connectivity index (χ0v) is 10.0. The van der Waals surface area contributed by atoms with Crippen LogP contribution in [0.2, 0.25) is 0 Å². The van der Waals surface area contributed by atoms with E-state index in [1.54, 1.807) is 21.0 Å². The highest BCUT2D eigenvalue weighted by atomic mass is 16.5. The highest BCUT2D eigenvalue weighted by molar-refractivity contribution is 5.85. The van der Waals surface area contributed by atoms with E-state index in [4.69, 9.17) is 0 Å². The Labute approximate surface area is 91.1 Å². The summed E-state index contributed by atoms with van der Waals surface area (Å²) in [6.07, 6.45) is -2.38. The average Bonchev–Trinajstić information content (AvgIpc) is 2.01. The SMILES string of the molecule is CC(=NC(O)N(C)C)C(C(C)C)C(O)O. The van der Waals surface area contributed by atoms with Crippen molar-refractivity contribution in [2.24, 2.45) is 16.8 Å². The molecular weight excluding hydrogens is 196 g/mol. The maximum Gasteiger partial charge on any atom is 0.203 e. The van der Waals surface area contributed by atoms with E-state index in [9.17, 15) is 15.3 Å². The van der Waals surface area contributed by atoms with Gasteiger partial charge in [-0.15, -0.1) is 0 Å². The Balaban J connectivity index is 4.70. The molecule has 2 unspecified atom stereocenters. The minimum atomic E-state index is -1.44. The summed E-state index contributed by atoms with van der Waals surface area (Å²) in [5.74, 6) is -0.386. The summed E-state index contributed by atoms with van der Waals surface area (Å²) in [5.41, 5.74) is 0.543. The highest BCUT2D eigenvalue weighted by Gasteiger charge is 2.24. The lowest BCUT2D eigenvalue weighted by atomic mass is 9.91. The molecule has 0 aliphatic rings. The summed E-state index contributed by atoms with van der Waals surface area (Å²) in [7, 11) is 3.39. The molecule has 0 aromatic rings. The largest absolute Gasteiger partial charge is 0.368 e. The number of nitrogens with zero attached hydrogens (tertiary/aromatic N) is 2. The first-order valence-electron chi connectivity index (χ1n) is 5.02. The van der Waals surface area contributed by atoms with Gasteiger partial charge in [-0.1, -0.05) is 13.8 Å². The molecule has 0 aromatic carbocycles. The van der Waals surface area contributed by atoms with Gasteiger partial charge in [0.2, 0.25) is 6.35 Å². The Morgan fingerprint density at radius 3 is 1.87 bits per heavy atom. The third-order valence-corrected chi connectivity index (χ3v) is 2.30. The van der Waals surface area contributed by atoms with Crippen LogP contribution in [0.15, 0.2) is 4.99 Å². The zero-order valence-electron chi connectivity index (χ0n) is 10.0. The number of aliphatic imine (C=N–C) groups is 1. The number of aliphatic hydroxyl groups is 3. The van der Waals surface area contributed by atoms with Crippen molar-refractivity contribution >= 4 is 5.71 Å². The topological polar surface area (TPSA) is 76.3 Å². The minimum absolute atomic E-state index is 0.0584. The second kappa shape index (κ2) is 6.17. The number of rotatable bonds is 5. The average molecular weight is 218 g/mol. The van der Waals surface area contributed by atoms with Gasteiger partial charge in [0, 0.05) is 11.6 Å². The van der Waals surface area contributed by atoms with E-state index in [2.05, 4.69) is 4.99 Å². The normalized spacial score (nSPS) is 17.7. The summed E-state index contributed by atoms with van der Waals surface area (Å²) >= 11 is 0. The predicted molar refractivity (Wildman–Crippen MR) is 59.4 cm³/mol. The minimum Gasteiger partial charge on any atom is -0.368 e. The van der Waals surface area contributed by atoms with Gasteiger partial charge in [0.1, 0.15) is 0 Å². The van der Waals surface area contributed by atoms with Crippen molar-refractivity contribution in [3.63, 3.8) is 0 Å². The molecule has 0 rings (SSSR count). The summed E-state index contributed by atoms with van der Waals surface area (Å²) in [6.45, 7) is 5.45. The van der Waals surface area contributed by atoms with Gasteiger partial charge in [-0.2, -0.15) is 0 Å². The molecule has 0 saturated carbocycles. The van der Waals surface area contributed by atoms with Crippen LogP contribution >= 0.6 is 0 Å². The van der Waals surface area contributed by atoms with Gasteiger partial charge in [-0.05, 0) is 26.9 Å². The van der Waals surface area contributed by atoms with Crippen LogP contribution in [0, 0.1) is 11.8 Å². The Morgan fingerprint density at radius 1 is 1.13 bits per heavy atom. The smallest absolute Gasteiger partial charge is 0.203 e. The predicted octanol–water partition coefficient (Wildman–Crippen LogP) is -0.132. The van der Waals surface area contributed by atoms with E-state index in [0.29, 0.717) is 5.71 Å². The lowest BCUT2D eigenvalue weighted by Gasteiger charge is -2.24. The Morgan fingerprint density at radius 2 is 1.60 bits per heavy atom. The first kappa shape index (κ1) is 14.5. The van der Waals surface area contributed by atoms with Gasteiger partial charge in [0.05, 0.1) is 0 Å². The Bertz CT molecular complexity index is 207. The van der Waals surface area contributed by atoms with Crippen LogP contribution < -0.4 is 0 Å². The number of hydrogen-bond acceptors (Lipinski definition) is 5. The molecule has 0 radical (unpaired) electrons. The molecule has 5 nitrogen and oxygen atoms in total. The molecule has 0 saturated heterocycles. The monoisotopic (exact) mass is 218 g/mol. The second-order valence-corrected chi connectivity index (χ2v) is 4.26. The molecule has 5 heteroatoms. The van der Waals surface area contributed by atoms with Gasteiger partial charge in [0.15, 0.2) is 6.29 Å². The third-order valence-electron chi connectivity index (χ3n) is 2.30. The van der Waals surface area contributed by atoms with E-state index in [1.165, 1.54) is 4.90 Å². The van der Waals surface area contributed by atoms with Crippen molar-refractivity contribution in [3.05, 3.63) is 0 Å². The van der Waals surface area contributed by atoms with E-state index < -0.39 is 18.6 Å². The fraction of sp³-hybridized carbons (Fsp3) is 0.900. The van der Waals surface area contributed by atoms with Gasteiger partial charge in [0.25, 0.3) is 0 Å². The molecule has 15 heavy (non-hydrogen) atoms. The van der Waals surface area contributed by atoms with Crippen LogP contribution in [0.5, 0.6) is 0 Å². The fourth-order valence-corrected chi connectivity index (χ4v) is 1.43. The third kappa shape index (κ3) is 4.70. The van der Waals surface area contributed by atoms with Crippen molar-refractivity contribution in [1.29, 1.82) is 0 Å². The number of hydrogen-bond donors (Lipinski definition) is 3. The van der Waals surface area contributed by atoms with Crippen LogP contribution in [-0.4, -0.2) is 52.7 Å². The molecule has 0 fully saturated rings. The summed E-state index contributed by atoms with van der Waals surface area (Å²) in [6, 6.07) is 0. The van der Waals surface area contributed by atoms with Crippen LogP contribution in [-0.2, 0) is 0 Å². The zero-order chi connectivity index (χ0) is 12.2. The molecule has 0 amide bonds. The highest BCUT2D eigenvalue weighted by Crippen LogP contribution is 2.16. The van der Waals surface area contributed by atoms with E-state index in [-0.39, 0.29) is 5.92 Å². The fourth-order valence-electron chi connectivity index (χ4n) is 1.43. The van der Waals surface area contributed by atoms with Gasteiger partial charge in [-0.3, -0.25) is 4.90 Å². The van der Waals surface area contributed by atoms with Gasteiger partial charge >= 0.3 is 0 Å². The first-order chi connectivity index (χ1) is 6.77. The second-order valence-electron chi connectivity index (χ2n) is 4.26. The maximum absolute atomic E-state index is 9.48. The summed E-state index contributed by atoms with van der Waals surface area (Å²) in [4.78, 5) is 5.53. The van der Waals surface area contributed by atoms with Gasteiger partial charge < -0.3 is 15.3 Å². The van der Waals surface area contributed by atoms with Crippen molar-refractivity contribution in [2.45, 2.75) is 33.4 Å². The quantitative estimate of drug-likeness (QED) is 0.444. The van der Waals surface area contributed by atoms with Gasteiger partial charge in [-0.25, -0.2) is 4.99 Å². The Hall–Kier alpha value is -0.490. The van der Waals surface area contributed by atoms with E-state index >= 15 is 0 Å². The van der Waals surface area contributed by atoms with E-state index in [1.807, 2.05) is 13.8 Å². The molecule has 2 atom stereocenters. The molecule has 0 heterocycles. The van der Waals surface area contributed by atoms with Crippen LogP contribution in [0.25, 0.3) is 0 Å². The summed E-state index contributed by atoms with van der Waals surface area (Å²) < 4.78 is 0. The van der Waals surface area contributed by atoms with Crippen molar-refractivity contribution in [3.8, 4) is 0 Å². The van der Waals surface area contributed by atoms with E-state index in [0.717, 1.165) is 0 Å². The van der Waals surface area contributed by atoms with Crippen LogP contribution in [0.1, 0.15) is 20.8 Å². The number of aliphatic hydroxyl groups excluding tert-OH is 2. The molecule has 0 aromatic heterocycles. The molecule has 0 spiro atoms. The molecule has 3 N–H and O–H groups in total. The van der Waals surface area contributed by atoms with Crippen molar-refractivity contribution in [1.82, 2.24) is 4.90 Å². The molecule has 0 aliphatic heterocycles. The van der Waals surface area contributed by atoms with Crippen LogP contribution in [0.4, 0.5) is 0 Å². The summed E-state index contributed by atoms with van der Waals surface area (Å²) in [5, 5.41) is 27.9. The molecule has 0 bridgehead atoms. The Kier molecular flexibility index (Phi) is 5.97. The maximum atomic E-state index is 9.48.